The van der Waals surface area contributed by atoms with E-state index in [0.717, 1.165) is 19.5 Å². The third-order valence-corrected chi connectivity index (χ3v) is 5.99. The maximum Gasteiger partial charge on any atom is 0.336 e. The molecule has 0 aliphatic heterocycles. The number of hydrogen-bond acceptors (Lipinski definition) is 7. The van der Waals surface area contributed by atoms with Crippen molar-refractivity contribution in [2.75, 3.05) is 6.54 Å². The Kier molecular flexibility index (Phi) is 11.9. The molecular formula is C24H33NO8S. The molecule has 5 N–H and O–H groups in total. The fourth-order valence-corrected chi connectivity index (χ4v) is 4.13. The summed E-state index contributed by atoms with van der Waals surface area (Å²) < 4.78 is 0. The van der Waals surface area contributed by atoms with Crippen molar-refractivity contribution in [2.45, 2.75) is 64.8 Å². The van der Waals surface area contributed by atoms with Gasteiger partial charge in [0.25, 0.3) is 0 Å². The standard InChI is InChI=1S/C18H25NOS.C6H8O7/c1-4-16-5-7-17(8-6-16)12-19(11-15(3)20)13-18-14(2)9-10-21-18;7-3(8)1-6(13,5(11)12)2-4(9)10/h5-10,15,20H,4,11-13H2,1-3H3;13H,1-2H2,(H,7,8)(H,9,10)(H,11,12). The predicted molar refractivity (Wildman–Crippen MR) is 128 cm³/mol. The fraction of sp³-hybridized carbons (Fsp3) is 0.458. The Balaban J connectivity index is 0.000000385. The van der Waals surface area contributed by atoms with Crippen LogP contribution in [0.25, 0.3) is 0 Å². The summed E-state index contributed by atoms with van der Waals surface area (Å²) in [7, 11) is 0. The fourth-order valence-electron chi connectivity index (χ4n) is 3.18. The van der Waals surface area contributed by atoms with E-state index in [1.165, 1.54) is 21.6 Å². The SMILES string of the molecule is CCc1ccc(CN(Cc2sccc2C)CC(C)O)cc1.O=C(O)CC(O)(CC(=O)O)C(=O)O. The number of hydrogen-bond donors (Lipinski definition) is 5. The second kappa shape index (κ2) is 13.8. The van der Waals surface area contributed by atoms with Crippen LogP contribution in [0.4, 0.5) is 0 Å². The van der Waals surface area contributed by atoms with E-state index < -0.39 is 36.4 Å². The Bertz CT molecular complexity index is 923. The van der Waals surface area contributed by atoms with E-state index in [9.17, 15) is 19.5 Å². The summed E-state index contributed by atoms with van der Waals surface area (Å²) in [6.45, 7) is 8.67. The van der Waals surface area contributed by atoms with Crippen LogP contribution in [0.1, 0.15) is 48.3 Å². The maximum absolute atomic E-state index is 10.3. The van der Waals surface area contributed by atoms with Gasteiger partial charge in [-0.2, -0.15) is 0 Å². The maximum atomic E-state index is 10.3. The Morgan fingerprint density at radius 3 is 1.88 bits per heavy atom. The lowest BCUT2D eigenvalue weighted by Crippen LogP contribution is -2.42. The molecule has 9 nitrogen and oxygen atoms in total. The highest BCUT2D eigenvalue weighted by Crippen LogP contribution is 2.20. The molecule has 188 valence electrons. The van der Waals surface area contributed by atoms with E-state index in [1.54, 1.807) is 11.3 Å². The zero-order valence-electron chi connectivity index (χ0n) is 19.6. The second-order valence-corrected chi connectivity index (χ2v) is 9.19. The Morgan fingerprint density at radius 2 is 1.50 bits per heavy atom. The molecule has 2 aromatic rings. The van der Waals surface area contributed by atoms with Gasteiger partial charge in [-0.1, -0.05) is 31.2 Å². The van der Waals surface area contributed by atoms with Crippen LogP contribution in [0.3, 0.4) is 0 Å². The van der Waals surface area contributed by atoms with Crippen molar-refractivity contribution in [3.63, 3.8) is 0 Å². The predicted octanol–water partition coefficient (Wildman–Crippen LogP) is 2.75. The van der Waals surface area contributed by atoms with E-state index in [-0.39, 0.29) is 6.10 Å². The van der Waals surface area contributed by atoms with E-state index in [4.69, 9.17) is 20.4 Å². The number of aliphatic hydroxyl groups is 2. The third kappa shape index (κ3) is 10.4. The van der Waals surface area contributed by atoms with Crippen molar-refractivity contribution < 1.29 is 39.9 Å². The van der Waals surface area contributed by atoms with Crippen molar-refractivity contribution in [2.24, 2.45) is 0 Å². The molecule has 0 saturated heterocycles. The van der Waals surface area contributed by atoms with Crippen LogP contribution >= 0.6 is 11.3 Å². The van der Waals surface area contributed by atoms with E-state index in [0.29, 0.717) is 6.54 Å². The molecule has 1 heterocycles. The van der Waals surface area contributed by atoms with Crippen LogP contribution in [0.15, 0.2) is 35.7 Å². The van der Waals surface area contributed by atoms with Crippen LogP contribution in [0, 0.1) is 6.92 Å². The molecule has 1 aromatic carbocycles. The van der Waals surface area contributed by atoms with Crippen LogP contribution in [0.2, 0.25) is 0 Å². The number of nitrogens with zero attached hydrogens (tertiary/aromatic N) is 1. The summed E-state index contributed by atoms with van der Waals surface area (Å²) in [5.41, 5.74) is 1.28. The molecule has 0 aliphatic carbocycles. The average Bonchev–Trinajstić information content (AvgIpc) is 3.11. The van der Waals surface area contributed by atoms with Gasteiger partial charge < -0.3 is 25.5 Å². The van der Waals surface area contributed by atoms with Gasteiger partial charge in [0.05, 0.1) is 18.9 Å². The lowest BCUT2D eigenvalue weighted by atomic mass is 9.96. The van der Waals surface area contributed by atoms with E-state index >= 15 is 0 Å². The summed E-state index contributed by atoms with van der Waals surface area (Å²) in [6.07, 6.45) is -1.52. The molecule has 0 radical (unpaired) electrons. The first-order valence-electron chi connectivity index (χ1n) is 10.8. The first kappa shape index (κ1) is 29.2. The first-order valence-corrected chi connectivity index (χ1v) is 11.6. The van der Waals surface area contributed by atoms with Crippen molar-refractivity contribution >= 4 is 29.2 Å². The molecule has 1 aromatic heterocycles. The summed E-state index contributed by atoms with van der Waals surface area (Å²) >= 11 is 1.80. The zero-order valence-corrected chi connectivity index (χ0v) is 20.4. The summed E-state index contributed by atoms with van der Waals surface area (Å²) in [5, 5.41) is 45.7. The highest BCUT2D eigenvalue weighted by molar-refractivity contribution is 7.10. The van der Waals surface area contributed by atoms with Crippen molar-refractivity contribution in [3.8, 4) is 0 Å². The molecule has 1 atom stereocenters. The van der Waals surface area contributed by atoms with Gasteiger partial charge in [-0.05, 0) is 48.4 Å². The van der Waals surface area contributed by atoms with Gasteiger partial charge in [-0.15, -0.1) is 11.3 Å². The molecular weight excluding hydrogens is 462 g/mol. The molecule has 10 heteroatoms. The van der Waals surface area contributed by atoms with Gasteiger partial charge in [0, 0.05) is 24.5 Å². The number of aryl methyl sites for hydroxylation is 2. The molecule has 34 heavy (non-hydrogen) atoms. The largest absolute Gasteiger partial charge is 0.481 e. The number of benzene rings is 1. The smallest absolute Gasteiger partial charge is 0.336 e. The van der Waals surface area contributed by atoms with Gasteiger partial charge in [-0.3, -0.25) is 14.5 Å². The monoisotopic (exact) mass is 495 g/mol. The molecule has 1 unspecified atom stereocenters. The normalized spacial score (nSPS) is 12.1. The number of thiophene rings is 1. The topological polar surface area (TPSA) is 156 Å². The number of carboxylic acids is 3. The summed E-state index contributed by atoms with van der Waals surface area (Å²) in [5.74, 6) is -5.02. The second-order valence-electron chi connectivity index (χ2n) is 8.19. The molecule has 0 fully saturated rings. The Labute approximate surface area is 202 Å². The van der Waals surface area contributed by atoms with Gasteiger partial charge in [0.1, 0.15) is 0 Å². The first-order chi connectivity index (χ1) is 15.9. The van der Waals surface area contributed by atoms with Crippen molar-refractivity contribution in [1.82, 2.24) is 4.90 Å². The molecule has 0 aliphatic rings. The third-order valence-electron chi connectivity index (χ3n) is 4.98. The minimum atomic E-state index is -2.74. The highest BCUT2D eigenvalue weighted by atomic mass is 32.1. The van der Waals surface area contributed by atoms with E-state index in [2.05, 4.69) is 54.5 Å². The van der Waals surface area contributed by atoms with Crippen LogP contribution in [-0.4, -0.2) is 66.6 Å². The lowest BCUT2D eigenvalue weighted by molar-refractivity contribution is -0.170. The molecule has 0 bridgehead atoms. The summed E-state index contributed by atoms with van der Waals surface area (Å²) in [6, 6.07) is 11.0. The molecule has 0 amide bonds. The van der Waals surface area contributed by atoms with Gasteiger partial charge >= 0.3 is 17.9 Å². The molecule has 0 saturated carbocycles. The average molecular weight is 496 g/mol. The number of carbonyl (C=O) groups is 3. The summed E-state index contributed by atoms with van der Waals surface area (Å²) in [4.78, 5) is 34.2. The minimum Gasteiger partial charge on any atom is -0.481 e. The number of aliphatic carboxylic acids is 3. The highest BCUT2D eigenvalue weighted by Gasteiger charge is 2.40. The van der Waals surface area contributed by atoms with Gasteiger partial charge in [-0.25, -0.2) is 4.79 Å². The van der Waals surface area contributed by atoms with E-state index in [1.807, 2.05) is 6.92 Å². The van der Waals surface area contributed by atoms with Crippen molar-refractivity contribution in [1.29, 1.82) is 0 Å². The van der Waals surface area contributed by atoms with Crippen molar-refractivity contribution in [3.05, 3.63) is 57.3 Å². The Morgan fingerprint density at radius 1 is 0.971 bits per heavy atom. The quantitative estimate of drug-likeness (QED) is 0.299. The number of aliphatic hydroxyl groups excluding tert-OH is 1. The minimum absolute atomic E-state index is 0.305. The molecule has 0 spiro atoms. The Hall–Kier alpha value is -2.79. The zero-order chi connectivity index (χ0) is 25.9. The molecule has 2 rings (SSSR count). The lowest BCUT2D eigenvalue weighted by Gasteiger charge is -2.23. The van der Waals surface area contributed by atoms with Gasteiger partial charge in [0.15, 0.2) is 5.60 Å². The number of carboxylic acid groups (broad SMARTS) is 3. The number of rotatable bonds is 12. The van der Waals surface area contributed by atoms with Crippen LogP contribution < -0.4 is 0 Å². The van der Waals surface area contributed by atoms with Gasteiger partial charge in [0.2, 0.25) is 0 Å². The van der Waals surface area contributed by atoms with Crippen LogP contribution in [-0.2, 0) is 33.9 Å². The van der Waals surface area contributed by atoms with Crippen LogP contribution in [0.5, 0.6) is 0 Å².